The molecule has 0 saturated carbocycles. The largest absolute Gasteiger partial charge is 0.376 e. The van der Waals surface area contributed by atoms with Gasteiger partial charge in [0.15, 0.2) is 0 Å². The summed E-state index contributed by atoms with van der Waals surface area (Å²) in [6, 6.07) is 2.18. The Labute approximate surface area is 89.2 Å². The molecule has 0 aliphatic heterocycles. The highest BCUT2D eigenvalue weighted by Crippen LogP contribution is 2.22. The fourth-order valence-corrected chi connectivity index (χ4v) is 2.23. The zero-order valence-corrected chi connectivity index (χ0v) is 9.51. The van der Waals surface area contributed by atoms with Crippen LogP contribution in [0.3, 0.4) is 0 Å². The molecule has 14 heavy (non-hydrogen) atoms. The van der Waals surface area contributed by atoms with Crippen LogP contribution in [0.15, 0.2) is 16.8 Å². The molecule has 1 heterocycles. The van der Waals surface area contributed by atoms with E-state index in [1.165, 1.54) is 5.56 Å². The Morgan fingerprint density at radius 1 is 1.57 bits per heavy atom. The van der Waals surface area contributed by atoms with Crippen LogP contribution in [0.2, 0.25) is 0 Å². The van der Waals surface area contributed by atoms with Crippen molar-refractivity contribution in [1.82, 2.24) is 5.43 Å². The summed E-state index contributed by atoms with van der Waals surface area (Å²) in [4.78, 5) is 0. The van der Waals surface area contributed by atoms with Gasteiger partial charge in [-0.2, -0.15) is 11.3 Å². The maximum atomic E-state index is 5.63. The Balaban J connectivity index is 2.68. The van der Waals surface area contributed by atoms with E-state index in [2.05, 4.69) is 29.2 Å². The second-order valence-corrected chi connectivity index (χ2v) is 3.88. The summed E-state index contributed by atoms with van der Waals surface area (Å²) >= 11 is 1.68. The molecule has 2 atom stereocenters. The highest BCUT2D eigenvalue weighted by Gasteiger charge is 2.20. The van der Waals surface area contributed by atoms with Gasteiger partial charge in [-0.1, -0.05) is 6.92 Å². The number of nitrogens with one attached hydrogen (secondary N) is 1. The maximum Gasteiger partial charge on any atom is 0.0780 e. The lowest BCUT2D eigenvalue weighted by molar-refractivity contribution is 0.0315. The van der Waals surface area contributed by atoms with E-state index in [0.717, 1.165) is 13.0 Å². The highest BCUT2D eigenvalue weighted by molar-refractivity contribution is 7.07. The van der Waals surface area contributed by atoms with E-state index in [0.29, 0.717) is 0 Å². The van der Waals surface area contributed by atoms with Crippen molar-refractivity contribution in [3.05, 3.63) is 22.4 Å². The van der Waals surface area contributed by atoms with Gasteiger partial charge in [-0.05, 0) is 35.7 Å². The first kappa shape index (κ1) is 11.7. The number of thiophene rings is 1. The van der Waals surface area contributed by atoms with Crippen molar-refractivity contribution in [3.63, 3.8) is 0 Å². The number of ether oxygens (including phenoxy) is 1. The van der Waals surface area contributed by atoms with Gasteiger partial charge in [0.25, 0.3) is 0 Å². The molecule has 80 valence electrons. The lowest BCUT2D eigenvalue weighted by atomic mass is 10.0. The van der Waals surface area contributed by atoms with Gasteiger partial charge in [0.2, 0.25) is 0 Å². The van der Waals surface area contributed by atoms with E-state index in [1.807, 2.05) is 6.92 Å². The molecule has 0 amide bonds. The minimum absolute atomic E-state index is 0.103. The van der Waals surface area contributed by atoms with Crippen LogP contribution in [0.1, 0.15) is 31.9 Å². The monoisotopic (exact) mass is 214 g/mol. The average molecular weight is 214 g/mol. The second kappa shape index (κ2) is 6.14. The SMILES string of the molecule is CCOC(CC)C(NN)c1ccsc1. The molecule has 2 unspecified atom stereocenters. The molecular formula is C10H18N2OS. The summed E-state index contributed by atoms with van der Waals surface area (Å²) < 4.78 is 5.63. The van der Waals surface area contributed by atoms with E-state index >= 15 is 0 Å². The number of hydrazine groups is 1. The van der Waals surface area contributed by atoms with Crippen molar-refractivity contribution in [2.45, 2.75) is 32.4 Å². The normalized spacial score (nSPS) is 15.4. The molecule has 1 aromatic heterocycles. The standard InChI is InChI=1S/C10H18N2OS/c1-3-9(13-4-2)10(12-11)8-5-6-14-7-8/h5-7,9-10,12H,3-4,11H2,1-2H3. The lowest BCUT2D eigenvalue weighted by Gasteiger charge is -2.24. The third kappa shape index (κ3) is 2.78. The van der Waals surface area contributed by atoms with Gasteiger partial charge in [0.1, 0.15) is 0 Å². The molecule has 0 bridgehead atoms. The van der Waals surface area contributed by atoms with Crippen LogP contribution in [0.25, 0.3) is 0 Å². The molecule has 0 radical (unpaired) electrons. The van der Waals surface area contributed by atoms with Crippen LogP contribution >= 0.6 is 11.3 Å². The number of nitrogens with two attached hydrogens (primary N) is 1. The first-order valence-electron chi connectivity index (χ1n) is 4.93. The molecule has 0 saturated heterocycles. The summed E-state index contributed by atoms with van der Waals surface area (Å²) in [6.07, 6.45) is 1.11. The summed E-state index contributed by atoms with van der Waals surface area (Å²) in [5.74, 6) is 5.55. The van der Waals surface area contributed by atoms with E-state index in [4.69, 9.17) is 10.6 Å². The molecule has 0 aliphatic carbocycles. The quantitative estimate of drug-likeness (QED) is 0.563. The van der Waals surface area contributed by atoms with E-state index in [9.17, 15) is 0 Å². The molecular weight excluding hydrogens is 196 g/mol. The molecule has 3 N–H and O–H groups in total. The fraction of sp³-hybridized carbons (Fsp3) is 0.600. The fourth-order valence-electron chi connectivity index (χ4n) is 1.53. The molecule has 1 rings (SSSR count). The maximum absolute atomic E-state index is 5.63. The summed E-state index contributed by atoms with van der Waals surface area (Å²) in [5.41, 5.74) is 4.03. The molecule has 3 nitrogen and oxygen atoms in total. The van der Waals surface area contributed by atoms with Gasteiger partial charge in [-0.3, -0.25) is 11.3 Å². The number of hydrogen-bond donors (Lipinski definition) is 2. The van der Waals surface area contributed by atoms with Crippen LogP contribution in [-0.2, 0) is 4.74 Å². The summed E-state index contributed by atoms with van der Waals surface area (Å²) in [5, 5.41) is 4.16. The van der Waals surface area contributed by atoms with E-state index in [1.54, 1.807) is 11.3 Å². The molecule has 4 heteroatoms. The second-order valence-electron chi connectivity index (χ2n) is 3.10. The van der Waals surface area contributed by atoms with Gasteiger partial charge in [-0.15, -0.1) is 0 Å². The Bertz CT molecular complexity index is 238. The van der Waals surface area contributed by atoms with Crippen molar-refractivity contribution in [2.75, 3.05) is 6.61 Å². The summed E-state index contributed by atoms with van der Waals surface area (Å²) in [6.45, 7) is 4.84. The minimum atomic E-state index is 0.103. The zero-order valence-electron chi connectivity index (χ0n) is 8.69. The zero-order chi connectivity index (χ0) is 10.4. The van der Waals surface area contributed by atoms with Crippen LogP contribution in [-0.4, -0.2) is 12.7 Å². The molecule has 0 aliphatic rings. The predicted octanol–water partition coefficient (Wildman–Crippen LogP) is 2.07. The summed E-state index contributed by atoms with van der Waals surface area (Å²) in [7, 11) is 0. The smallest absolute Gasteiger partial charge is 0.0780 e. The topological polar surface area (TPSA) is 47.3 Å². The molecule has 0 fully saturated rings. The predicted molar refractivity (Wildman–Crippen MR) is 60.1 cm³/mol. The minimum Gasteiger partial charge on any atom is -0.376 e. The number of rotatable bonds is 6. The van der Waals surface area contributed by atoms with Crippen LogP contribution in [0, 0.1) is 0 Å². The Morgan fingerprint density at radius 2 is 2.36 bits per heavy atom. The van der Waals surface area contributed by atoms with E-state index in [-0.39, 0.29) is 12.1 Å². The Hall–Kier alpha value is -0.420. The average Bonchev–Trinajstić information content (AvgIpc) is 2.71. The lowest BCUT2D eigenvalue weighted by Crippen LogP contribution is -2.37. The van der Waals surface area contributed by atoms with Crippen molar-refractivity contribution in [2.24, 2.45) is 5.84 Å². The van der Waals surface area contributed by atoms with Gasteiger partial charge < -0.3 is 4.74 Å². The molecule has 1 aromatic rings. The van der Waals surface area contributed by atoms with Crippen molar-refractivity contribution >= 4 is 11.3 Å². The number of hydrogen-bond acceptors (Lipinski definition) is 4. The first-order valence-corrected chi connectivity index (χ1v) is 5.87. The van der Waals surface area contributed by atoms with Crippen LogP contribution in [0.4, 0.5) is 0 Å². The molecule has 0 aromatic carbocycles. The van der Waals surface area contributed by atoms with Gasteiger partial charge >= 0.3 is 0 Å². The van der Waals surface area contributed by atoms with Gasteiger partial charge in [-0.25, -0.2) is 0 Å². The Morgan fingerprint density at radius 3 is 2.79 bits per heavy atom. The van der Waals surface area contributed by atoms with Crippen molar-refractivity contribution < 1.29 is 4.74 Å². The third-order valence-corrected chi connectivity index (χ3v) is 2.94. The third-order valence-electron chi connectivity index (χ3n) is 2.24. The van der Waals surface area contributed by atoms with Crippen LogP contribution < -0.4 is 11.3 Å². The van der Waals surface area contributed by atoms with Crippen LogP contribution in [0.5, 0.6) is 0 Å². The van der Waals surface area contributed by atoms with E-state index < -0.39 is 0 Å². The Kier molecular flexibility index (Phi) is 5.11. The van der Waals surface area contributed by atoms with Crippen molar-refractivity contribution in [3.8, 4) is 0 Å². The molecule has 0 spiro atoms. The van der Waals surface area contributed by atoms with Crippen molar-refractivity contribution in [1.29, 1.82) is 0 Å². The first-order chi connectivity index (χ1) is 6.83. The highest BCUT2D eigenvalue weighted by atomic mass is 32.1. The van der Waals surface area contributed by atoms with Gasteiger partial charge in [0.05, 0.1) is 12.1 Å². The van der Waals surface area contributed by atoms with Gasteiger partial charge in [0, 0.05) is 6.61 Å².